The van der Waals surface area contributed by atoms with E-state index in [1.165, 1.54) is 0 Å². The summed E-state index contributed by atoms with van der Waals surface area (Å²) in [6.45, 7) is 3.87. The lowest BCUT2D eigenvalue weighted by Gasteiger charge is -2.39. The van der Waals surface area contributed by atoms with Gasteiger partial charge >= 0.3 is 5.97 Å². The fourth-order valence-electron chi connectivity index (χ4n) is 3.34. The van der Waals surface area contributed by atoms with Crippen molar-refractivity contribution in [1.29, 1.82) is 0 Å². The summed E-state index contributed by atoms with van der Waals surface area (Å²) >= 11 is 0. The molecule has 1 amide bonds. The molecule has 0 aliphatic carbocycles. The Bertz CT molecular complexity index is 589. The Morgan fingerprint density at radius 1 is 1.25 bits per heavy atom. The lowest BCUT2D eigenvalue weighted by atomic mass is 9.94. The minimum absolute atomic E-state index is 0.0372. The fourth-order valence-corrected chi connectivity index (χ4v) is 3.34. The molecule has 130 valence electrons. The first-order chi connectivity index (χ1) is 11.5. The lowest BCUT2D eigenvalue weighted by molar-refractivity contribution is -0.168. The number of ether oxygens (including phenoxy) is 1. The van der Waals surface area contributed by atoms with Gasteiger partial charge in [0.25, 0.3) is 0 Å². The van der Waals surface area contributed by atoms with E-state index in [0.29, 0.717) is 6.54 Å². The second kappa shape index (κ2) is 7.12. The normalized spacial score (nSPS) is 25.5. The molecule has 1 aromatic rings. The SMILES string of the molecule is C[C@@H]1CN(C(=O)C2CCN(c3cnccn3)CC2)CC(C(=O)O)O1. The molecule has 0 radical (unpaired) electrons. The van der Waals surface area contributed by atoms with Gasteiger partial charge in [-0.1, -0.05) is 0 Å². The second-order valence-electron chi connectivity index (χ2n) is 6.34. The van der Waals surface area contributed by atoms with Crippen LogP contribution in [0.15, 0.2) is 18.6 Å². The quantitative estimate of drug-likeness (QED) is 0.854. The van der Waals surface area contributed by atoms with Crippen molar-refractivity contribution in [1.82, 2.24) is 14.9 Å². The minimum atomic E-state index is -1.02. The number of aromatic nitrogens is 2. The summed E-state index contributed by atoms with van der Waals surface area (Å²) in [5, 5.41) is 9.14. The highest BCUT2D eigenvalue weighted by atomic mass is 16.5. The van der Waals surface area contributed by atoms with Gasteiger partial charge in [0.15, 0.2) is 6.10 Å². The number of anilines is 1. The molecule has 24 heavy (non-hydrogen) atoms. The van der Waals surface area contributed by atoms with Crippen molar-refractivity contribution in [3.63, 3.8) is 0 Å². The van der Waals surface area contributed by atoms with Gasteiger partial charge in [0.05, 0.1) is 18.8 Å². The van der Waals surface area contributed by atoms with E-state index in [4.69, 9.17) is 9.84 Å². The third kappa shape index (κ3) is 3.64. The van der Waals surface area contributed by atoms with Crippen LogP contribution in [-0.4, -0.2) is 70.2 Å². The van der Waals surface area contributed by atoms with E-state index in [2.05, 4.69) is 14.9 Å². The minimum Gasteiger partial charge on any atom is -0.479 e. The molecule has 2 fully saturated rings. The predicted molar refractivity (Wildman–Crippen MR) is 85.5 cm³/mol. The third-order valence-electron chi connectivity index (χ3n) is 4.57. The number of carboxylic acid groups (broad SMARTS) is 1. The van der Waals surface area contributed by atoms with E-state index in [9.17, 15) is 9.59 Å². The Labute approximate surface area is 140 Å². The van der Waals surface area contributed by atoms with Crippen molar-refractivity contribution in [2.45, 2.75) is 32.0 Å². The maximum atomic E-state index is 12.7. The number of carbonyl (C=O) groups is 2. The first-order valence-corrected chi connectivity index (χ1v) is 8.22. The van der Waals surface area contributed by atoms with Gasteiger partial charge in [-0.05, 0) is 19.8 Å². The second-order valence-corrected chi connectivity index (χ2v) is 6.34. The molecule has 1 unspecified atom stereocenters. The Hall–Kier alpha value is -2.22. The number of rotatable bonds is 3. The Morgan fingerprint density at radius 2 is 2.00 bits per heavy atom. The molecule has 0 aromatic carbocycles. The van der Waals surface area contributed by atoms with Crippen LogP contribution in [0.4, 0.5) is 5.82 Å². The standard InChI is InChI=1S/C16H22N4O4/c1-11-9-20(10-13(24-11)16(22)23)15(21)12-2-6-19(7-3-12)14-8-17-4-5-18-14/h4-5,8,11-13H,2-3,6-7,9-10H2,1H3,(H,22,23)/t11-,13?/m1/s1. The van der Waals surface area contributed by atoms with Crippen LogP contribution >= 0.6 is 0 Å². The third-order valence-corrected chi connectivity index (χ3v) is 4.57. The molecule has 0 saturated carbocycles. The number of hydrogen-bond acceptors (Lipinski definition) is 6. The molecular weight excluding hydrogens is 312 g/mol. The smallest absolute Gasteiger partial charge is 0.334 e. The van der Waals surface area contributed by atoms with Gasteiger partial charge in [0.2, 0.25) is 5.91 Å². The maximum Gasteiger partial charge on any atom is 0.334 e. The monoisotopic (exact) mass is 334 g/mol. The van der Waals surface area contributed by atoms with Crippen molar-refractivity contribution in [3.05, 3.63) is 18.6 Å². The summed E-state index contributed by atoms with van der Waals surface area (Å²) in [7, 11) is 0. The molecule has 0 bridgehead atoms. The number of nitrogens with zero attached hydrogens (tertiary/aromatic N) is 4. The van der Waals surface area contributed by atoms with Gasteiger partial charge in [-0.2, -0.15) is 0 Å². The van der Waals surface area contributed by atoms with Crippen molar-refractivity contribution in [2.24, 2.45) is 5.92 Å². The summed E-state index contributed by atoms with van der Waals surface area (Å²) in [4.78, 5) is 36.0. The number of aliphatic carboxylic acids is 1. The van der Waals surface area contributed by atoms with Gasteiger partial charge in [-0.25, -0.2) is 9.78 Å². The highest BCUT2D eigenvalue weighted by Gasteiger charge is 2.36. The van der Waals surface area contributed by atoms with Gasteiger partial charge in [-0.3, -0.25) is 9.78 Å². The largest absolute Gasteiger partial charge is 0.479 e. The molecule has 2 aliphatic rings. The molecule has 8 heteroatoms. The summed E-state index contributed by atoms with van der Waals surface area (Å²) in [5.41, 5.74) is 0. The number of carboxylic acids is 1. The summed E-state index contributed by atoms with van der Waals surface area (Å²) in [6.07, 6.45) is 5.30. The van der Waals surface area contributed by atoms with E-state index in [-0.39, 0.29) is 24.5 Å². The van der Waals surface area contributed by atoms with Crippen molar-refractivity contribution in [2.75, 3.05) is 31.1 Å². The zero-order chi connectivity index (χ0) is 17.1. The van der Waals surface area contributed by atoms with E-state index in [0.717, 1.165) is 31.7 Å². The van der Waals surface area contributed by atoms with E-state index >= 15 is 0 Å². The Kier molecular flexibility index (Phi) is 4.94. The van der Waals surface area contributed by atoms with E-state index < -0.39 is 12.1 Å². The Balaban J connectivity index is 1.58. The molecule has 8 nitrogen and oxygen atoms in total. The molecule has 2 atom stereocenters. The van der Waals surface area contributed by atoms with E-state index in [1.807, 2.05) is 0 Å². The van der Waals surface area contributed by atoms with Gasteiger partial charge in [0, 0.05) is 37.9 Å². The molecule has 1 aromatic heterocycles. The van der Waals surface area contributed by atoms with Gasteiger partial charge in [0.1, 0.15) is 5.82 Å². The van der Waals surface area contributed by atoms with Gasteiger partial charge in [-0.15, -0.1) is 0 Å². The van der Waals surface area contributed by atoms with Gasteiger partial charge < -0.3 is 19.6 Å². The van der Waals surface area contributed by atoms with Crippen LogP contribution in [0.2, 0.25) is 0 Å². The highest BCUT2D eigenvalue weighted by Crippen LogP contribution is 2.24. The number of amides is 1. The van der Waals surface area contributed by atoms with Crippen LogP contribution in [-0.2, 0) is 14.3 Å². The van der Waals surface area contributed by atoms with Crippen molar-refractivity contribution in [3.8, 4) is 0 Å². The highest BCUT2D eigenvalue weighted by molar-refractivity contribution is 5.81. The molecule has 0 spiro atoms. The molecule has 3 rings (SSSR count). The topological polar surface area (TPSA) is 95.9 Å². The number of morpholine rings is 1. The summed E-state index contributed by atoms with van der Waals surface area (Å²) in [6, 6.07) is 0. The van der Waals surface area contributed by atoms with Crippen LogP contribution < -0.4 is 4.90 Å². The van der Waals surface area contributed by atoms with Crippen molar-refractivity contribution >= 4 is 17.7 Å². The zero-order valence-electron chi connectivity index (χ0n) is 13.7. The van der Waals surface area contributed by atoms with E-state index in [1.54, 1.807) is 30.4 Å². The predicted octanol–water partition coefficient (Wildman–Crippen LogP) is 0.394. The lowest BCUT2D eigenvalue weighted by Crippen LogP contribution is -2.54. The van der Waals surface area contributed by atoms with Crippen LogP contribution in [0.1, 0.15) is 19.8 Å². The molecule has 2 aliphatic heterocycles. The fraction of sp³-hybridized carbons (Fsp3) is 0.625. The van der Waals surface area contributed by atoms with Crippen LogP contribution in [0.5, 0.6) is 0 Å². The molecule has 3 heterocycles. The average Bonchev–Trinajstić information content (AvgIpc) is 2.61. The zero-order valence-corrected chi connectivity index (χ0v) is 13.7. The molecular formula is C16H22N4O4. The molecule has 2 saturated heterocycles. The molecule has 1 N–H and O–H groups in total. The Morgan fingerprint density at radius 3 is 2.62 bits per heavy atom. The van der Waals surface area contributed by atoms with Crippen LogP contribution in [0.3, 0.4) is 0 Å². The van der Waals surface area contributed by atoms with Crippen LogP contribution in [0.25, 0.3) is 0 Å². The average molecular weight is 334 g/mol. The van der Waals surface area contributed by atoms with Crippen molar-refractivity contribution < 1.29 is 19.4 Å². The summed E-state index contributed by atoms with van der Waals surface area (Å²) in [5.74, 6) is -0.223. The summed E-state index contributed by atoms with van der Waals surface area (Å²) < 4.78 is 5.37. The van der Waals surface area contributed by atoms with Crippen LogP contribution in [0, 0.1) is 5.92 Å². The number of carbonyl (C=O) groups excluding carboxylic acids is 1. The number of hydrogen-bond donors (Lipinski definition) is 1. The first-order valence-electron chi connectivity index (χ1n) is 8.22. The maximum absolute atomic E-state index is 12.7. The number of piperidine rings is 1. The first kappa shape index (κ1) is 16.6.